The van der Waals surface area contributed by atoms with Crippen LogP contribution in [-0.2, 0) is 0 Å². The van der Waals surface area contributed by atoms with Gasteiger partial charge in [0.25, 0.3) is 5.69 Å². The van der Waals surface area contributed by atoms with Gasteiger partial charge in [-0.25, -0.2) is 0 Å². The molecule has 0 saturated heterocycles. The molecule has 2 rings (SSSR count). The number of nitrogens with zero attached hydrogens (tertiary/aromatic N) is 3. The first-order chi connectivity index (χ1) is 13.7. The van der Waals surface area contributed by atoms with E-state index in [1.807, 2.05) is 13.8 Å². The summed E-state index contributed by atoms with van der Waals surface area (Å²) in [4.78, 5) is 10.2. The van der Waals surface area contributed by atoms with Crippen molar-refractivity contribution in [2.75, 3.05) is 18.5 Å². The Hall–Kier alpha value is -2.92. The fourth-order valence-electron chi connectivity index (χ4n) is 2.48. The second-order valence-corrected chi connectivity index (χ2v) is 6.62. The van der Waals surface area contributed by atoms with Crippen LogP contribution in [0.5, 0.6) is 0 Å². The van der Waals surface area contributed by atoms with Crippen molar-refractivity contribution < 1.29 is 25.3 Å². The Kier molecular flexibility index (Phi) is 7.74. The number of benzene rings is 2. The molecule has 0 bridgehead atoms. The van der Waals surface area contributed by atoms with Gasteiger partial charge in [-0.3, -0.25) is 10.1 Å². The number of nitro benzene ring substituents is 1. The van der Waals surface area contributed by atoms with Crippen LogP contribution in [0.2, 0.25) is 0 Å². The van der Waals surface area contributed by atoms with Gasteiger partial charge in [-0.1, -0.05) is 0 Å². The van der Waals surface area contributed by atoms with Crippen LogP contribution in [0, 0.1) is 24.0 Å². The zero-order chi connectivity index (χ0) is 21.6. The minimum atomic E-state index is -1.51. The van der Waals surface area contributed by atoms with Crippen molar-refractivity contribution in [3.8, 4) is 0 Å². The molecule has 2 aromatic carbocycles. The monoisotopic (exact) mass is 404 g/mol. The van der Waals surface area contributed by atoms with E-state index in [1.165, 1.54) is 24.3 Å². The summed E-state index contributed by atoms with van der Waals surface area (Å²) in [6, 6.07) is 9.22. The van der Waals surface area contributed by atoms with E-state index < -0.39 is 29.8 Å². The summed E-state index contributed by atoms with van der Waals surface area (Å²) in [5.41, 5.74) is 3.33. The number of non-ortho nitro benzene ring substituents is 1. The maximum Gasteiger partial charge on any atom is 0.269 e. The van der Waals surface area contributed by atoms with Crippen LogP contribution in [0.3, 0.4) is 0 Å². The number of rotatable bonds is 9. The van der Waals surface area contributed by atoms with Crippen molar-refractivity contribution >= 4 is 22.7 Å². The molecule has 5 N–H and O–H groups in total. The van der Waals surface area contributed by atoms with E-state index in [1.54, 1.807) is 12.1 Å². The first-order valence-corrected chi connectivity index (χ1v) is 8.89. The molecule has 0 aliphatic rings. The van der Waals surface area contributed by atoms with Crippen molar-refractivity contribution in [2.24, 2.45) is 10.2 Å². The molecule has 0 fully saturated rings. The highest BCUT2D eigenvalue weighted by Gasteiger charge is 2.24. The molecule has 0 amide bonds. The number of nitrogens with one attached hydrogen (secondary N) is 1. The molecular formula is C19H24N4O6. The van der Waals surface area contributed by atoms with Crippen molar-refractivity contribution in [1.29, 1.82) is 0 Å². The van der Waals surface area contributed by atoms with Gasteiger partial charge in [0, 0.05) is 18.7 Å². The summed E-state index contributed by atoms with van der Waals surface area (Å²) in [6.45, 7) is 3.04. The zero-order valence-electron chi connectivity index (χ0n) is 16.1. The topological polar surface area (TPSA) is 161 Å². The molecule has 0 aliphatic heterocycles. The molecule has 0 unspecified atom stereocenters. The first-order valence-electron chi connectivity index (χ1n) is 8.89. The number of aryl methyl sites for hydroxylation is 2. The molecule has 29 heavy (non-hydrogen) atoms. The Balaban J connectivity index is 2.19. The van der Waals surface area contributed by atoms with Gasteiger partial charge in [0.15, 0.2) is 0 Å². The normalized spacial score (nSPS) is 14.6. The second-order valence-electron chi connectivity index (χ2n) is 6.62. The maximum atomic E-state index is 10.7. The van der Waals surface area contributed by atoms with Crippen LogP contribution in [0.25, 0.3) is 0 Å². The molecule has 10 nitrogen and oxygen atoms in total. The van der Waals surface area contributed by atoms with E-state index in [4.69, 9.17) is 5.11 Å². The maximum absolute atomic E-state index is 10.7. The first kappa shape index (κ1) is 22.4. The third-order valence-electron chi connectivity index (χ3n) is 4.42. The van der Waals surface area contributed by atoms with E-state index in [0.717, 1.165) is 11.1 Å². The van der Waals surface area contributed by atoms with Crippen molar-refractivity contribution in [3.05, 3.63) is 57.6 Å². The fraction of sp³-hybridized carbons (Fsp3) is 0.368. The predicted molar refractivity (Wildman–Crippen MR) is 107 cm³/mol. The Morgan fingerprint density at radius 1 is 1.03 bits per heavy atom. The average Bonchev–Trinajstić information content (AvgIpc) is 2.71. The Bertz CT molecular complexity index is 872. The summed E-state index contributed by atoms with van der Waals surface area (Å²) in [5, 5.41) is 60.0. The summed E-state index contributed by atoms with van der Waals surface area (Å²) in [5.74, 6) is 0. The molecule has 0 aliphatic carbocycles. The van der Waals surface area contributed by atoms with E-state index in [0.29, 0.717) is 17.1 Å². The minimum Gasteiger partial charge on any atom is -0.394 e. The SMILES string of the molecule is Cc1cc(N=Nc2ccc([N+](=O)[O-])cc2)c(NC[C@@H](O)[C@H](O)[C@H](O)CO)cc1C. The lowest BCUT2D eigenvalue weighted by Crippen LogP contribution is -2.42. The third-order valence-corrected chi connectivity index (χ3v) is 4.42. The van der Waals surface area contributed by atoms with Crippen LogP contribution >= 0.6 is 0 Å². The van der Waals surface area contributed by atoms with Gasteiger partial charge in [-0.05, 0) is 49.2 Å². The van der Waals surface area contributed by atoms with Gasteiger partial charge in [0.1, 0.15) is 17.9 Å². The number of aliphatic hydroxyl groups excluding tert-OH is 4. The Labute approximate surface area is 167 Å². The molecule has 0 aromatic heterocycles. The molecule has 156 valence electrons. The molecule has 3 atom stereocenters. The van der Waals surface area contributed by atoms with E-state index in [-0.39, 0.29) is 12.2 Å². The van der Waals surface area contributed by atoms with Gasteiger partial charge >= 0.3 is 0 Å². The van der Waals surface area contributed by atoms with Crippen LogP contribution in [-0.4, -0.2) is 56.8 Å². The number of anilines is 1. The molecule has 0 spiro atoms. The van der Waals surface area contributed by atoms with E-state index >= 15 is 0 Å². The van der Waals surface area contributed by atoms with Crippen LogP contribution in [0.4, 0.5) is 22.7 Å². The van der Waals surface area contributed by atoms with Gasteiger partial charge in [0.2, 0.25) is 0 Å². The lowest BCUT2D eigenvalue weighted by molar-refractivity contribution is -0.384. The minimum absolute atomic E-state index is 0.0462. The number of nitro groups is 1. The van der Waals surface area contributed by atoms with Gasteiger partial charge in [-0.2, -0.15) is 5.11 Å². The zero-order valence-corrected chi connectivity index (χ0v) is 16.1. The smallest absolute Gasteiger partial charge is 0.269 e. The van der Waals surface area contributed by atoms with Crippen LogP contribution < -0.4 is 5.32 Å². The largest absolute Gasteiger partial charge is 0.394 e. The average molecular weight is 404 g/mol. The molecular weight excluding hydrogens is 380 g/mol. The summed E-state index contributed by atoms with van der Waals surface area (Å²) in [6.07, 6.45) is -4.28. The van der Waals surface area contributed by atoms with Crippen LogP contribution in [0.15, 0.2) is 46.6 Å². The van der Waals surface area contributed by atoms with Crippen molar-refractivity contribution in [2.45, 2.75) is 32.2 Å². The van der Waals surface area contributed by atoms with E-state index in [9.17, 15) is 25.4 Å². The van der Waals surface area contributed by atoms with Gasteiger partial charge in [0.05, 0.1) is 29.0 Å². The highest BCUT2D eigenvalue weighted by atomic mass is 16.6. The number of azo groups is 1. The Morgan fingerprint density at radius 3 is 2.24 bits per heavy atom. The lowest BCUT2D eigenvalue weighted by Gasteiger charge is -2.22. The molecule has 0 radical (unpaired) electrons. The van der Waals surface area contributed by atoms with Crippen LogP contribution in [0.1, 0.15) is 11.1 Å². The van der Waals surface area contributed by atoms with Crippen molar-refractivity contribution in [1.82, 2.24) is 0 Å². The van der Waals surface area contributed by atoms with Gasteiger partial charge in [-0.15, -0.1) is 5.11 Å². The Morgan fingerprint density at radius 2 is 1.66 bits per heavy atom. The number of hydrogen-bond donors (Lipinski definition) is 5. The van der Waals surface area contributed by atoms with Crippen molar-refractivity contribution in [3.63, 3.8) is 0 Å². The summed E-state index contributed by atoms with van der Waals surface area (Å²) >= 11 is 0. The summed E-state index contributed by atoms with van der Waals surface area (Å²) < 4.78 is 0. The fourth-order valence-corrected chi connectivity index (χ4v) is 2.48. The molecule has 2 aromatic rings. The van der Waals surface area contributed by atoms with E-state index in [2.05, 4.69) is 15.5 Å². The number of aliphatic hydroxyl groups is 4. The predicted octanol–water partition coefficient (Wildman–Crippen LogP) is 2.11. The third kappa shape index (κ3) is 6.03. The second kappa shape index (κ2) is 10.0. The van der Waals surface area contributed by atoms with Gasteiger partial charge < -0.3 is 25.7 Å². The summed E-state index contributed by atoms with van der Waals surface area (Å²) in [7, 11) is 0. The molecule has 0 saturated carbocycles. The highest BCUT2D eigenvalue weighted by Crippen LogP contribution is 2.30. The lowest BCUT2D eigenvalue weighted by atomic mass is 10.1. The molecule has 0 heterocycles. The highest BCUT2D eigenvalue weighted by molar-refractivity contribution is 5.68. The standard InChI is InChI=1S/C19H24N4O6/c1-11-7-15(20-9-17(25)19(27)18(26)10-24)16(8-12(11)2)22-21-13-3-5-14(6-4-13)23(28)29/h3-8,17-20,24-27H,9-10H2,1-2H3/t17-,18-,19+/m1/s1. The quantitative estimate of drug-likeness (QED) is 0.243. The molecule has 10 heteroatoms. The number of hydrogen-bond acceptors (Lipinski definition) is 9.